The Morgan fingerprint density at radius 3 is 2.24 bits per heavy atom. The van der Waals surface area contributed by atoms with Crippen LogP contribution in [0.4, 0.5) is 5.69 Å². The zero-order chi connectivity index (χ0) is 30.1. The first-order valence-electron chi connectivity index (χ1n) is 14.3. The number of hydrogen-bond acceptors (Lipinski definition) is 5. The number of carbonyl (C=O) groups is 2. The first-order valence-corrected chi connectivity index (χ1v) is 16.1. The summed E-state index contributed by atoms with van der Waals surface area (Å²) in [6.07, 6.45) is 5.62. The van der Waals surface area contributed by atoms with E-state index in [-0.39, 0.29) is 34.1 Å². The van der Waals surface area contributed by atoms with Gasteiger partial charge in [-0.3, -0.25) is 13.9 Å². The van der Waals surface area contributed by atoms with Crippen molar-refractivity contribution in [3.8, 4) is 5.75 Å². The van der Waals surface area contributed by atoms with Crippen LogP contribution in [-0.2, 0) is 26.0 Å². The number of methoxy groups -OCH3 is 1. The largest absolute Gasteiger partial charge is 0.495 e. The zero-order valence-electron chi connectivity index (χ0n) is 24.0. The summed E-state index contributed by atoms with van der Waals surface area (Å²) in [5, 5.41) is 3.32. The molecule has 224 valence electrons. The van der Waals surface area contributed by atoms with E-state index >= 15 is 0 Å². The second kappa shape index (κ2) is 14.6. The number of sulfonamides is 1. The van der Waals surface area contributed by atoms with E-state index < -0.39 is 28.5 Å². The number of halogens is 1. The summed E-state index contributed by atoms with van der Waals surface area (Å²) in [5.41, 5.74) is 1.21. The molecule has 0 radical (unpaired) electrons. The lowest BCUT2D eigenvalue weighted by atomic mass is 9.95. The SMILES string of the molecule is COc1ccc(N(CC(=O)N(CCc2ccccc2)[C@@H](C)C(=O)NC2CCCCC2)S(=O)(=O)c2ccccc2)cc1Cl. The van der Waals surface area contributed by atoms with Crippen LogP contribution in [0.15, 0.2) is 83.8 Å². The molecule has 42 heavy (non-hydrogen) atoms. The number of nitrogens with one attached hydrogen (secondary N) is 1. The molecule has 8 nitrogen and oxygen atoms in total. The smallest absolute Gasteiger partial charge is 0.264 e. The standard InChI is InChI=1S/C32H38ClN3O5S/c1-24(32(38)34-26-14-8-4-9-15-26)35(21-20-25-12-6-3-7-13-25)31(37)23-36(27-18-19-30(41-2)29(33)22-27)42(39,40)28-16-10-5-11-17-28/h3,5-7,10-13,16-19,22,24,26H,4,8-9,14-15,20-21,23H2,1-2H3,(H,34,38)/t24-/m0/s1. The van der Waals surface area contributed by atoms with Crippen molar-refractivity contribution in [2.45, 2.75) is 62.4 Å². The predicted molar refractivity (Wildman–Crippen MR) is 165 cm³/mol. The molecule has 1 N–H and O–H groups in total. The Balaban J connectivity index is 1.65. The van der Waals surface area contributed by atoms with Crippen molar-refractivity contribution in [3.05, 3.63) is 89.4 Å². The van der Waals surface area contributed by atoms with Crippen molar-refractivity contribution in [2.75, 3.05) is 24.5 Å². The first-order chi connectivity index (χ1) is 20.2. The van der Waals surface area contributed by atoms with Gasteiger partial charge in [-0.1, -0.05) is 79.4 Å². The Hall–Kier alpha value is -3.56. The van der Waals surface area contributed by atoms with Crippen molar-refractivity contribution in [2.24, 2.45) is 0 Å². The first kappa shape index (κ1) is 31.4. The molecule has 3 aromatic rings. The van der Waals surface area contributed by atoms with Crippen LogP contribution in [0, 0.1) is 0 Å². The molecule has 2 amide bonds. The molecule has 10 heteroatoms. The third-order valence-electron chi connectivity index (χ3n) is 7.64. The molecule has 1 aliphatic rings. The fourth-order valence-electron chi connectivity index (χ4n) is 5.20. The van der Waals surface area contributed by atoms with Crippen molar-refractivity contribution in [1.29, 1.82) is 0 Å². The van der Waals surface area contributed by atoms with E-state index in [9.17, 15) is 18.0 Å². The Bertz CT molecular complexity index is 1450. The molecule has 0 unspecified atom stereocenters. The Morgan fingerprint density at radius 2 is 1.62 bits per heavy atom. The maximum atomic E-state index is 14.1. The number of carbonyl (C=O) groups excluding carboxylic acids is 2. The number of benzene rings is 3. The van der Waals surface area contributed by atoms with E-state index in [4.69, 9.17) is 16.3 Å². The molecule has 1 saturated carbocycles. The van der Waals surface area contributed by atoms with Gasteiger partial charge in [0.15, 0.2) is 0 Å². The number of rotatable bonds is 12. The molecular weight excluding hydrogens is 574 g/mol. The molecule has 0 spiro atoms. The summed E-state index contributed by atoms with van der Waals surface area (Å²) in [5.74, 6) is -0.363. The fourth-order valence-corrected chi connectivity index (χ4v) is 6.88. The van der Waals surface area contributed by atoms with Crippen LogP contribution in [0.3, 0.4) is 0 Å². The molecule has 0 aromatic heterocycles. The molecule has 1 atom stereocenters. The topological polar surface area (TPSA) is 96.0 Å². The van der Waals surface area contributed by atoms with Gasteiger partial charge in [-0.15, -0.1) is 0 Å². The van der Waals surface area contributed by atoms with Gasteiger partial charge >= 0.3 is 0 Å². The predicted octanol–water partition coefficient (Wildman–Crippen LogP) is 5.45. The summed E-state index contributed by atoms with van der Waals surface area (Å²) in [7, 11) is -2.70. The normalized spacial score (nSPS) is 14.5. The Labute approximate surface area is 253 Å². The molecule has 0 aliphatic heterocycles. The second-order valence-corrected chi connectivity index (χ2v) is 12.8. The number of anilines is 1. The quantitative estimate of drug-likeness (QED) is 0.294. The molecule has 4 rings (SSSR count). The van der Waals surface area contributed by atoms with E-state index in [0.717, 1.165) is 42.0 Å². The molecule has 0 bridgehead atoms. The highest BCUT2D eigenvalue weighted by Gasteiger charge is 2.33. The van der Waals surface area contributed by atoms with Crippen LogP contribution < -0.4 is 14.4 Å². The summed E-state index contributed by atoms with van der Waals surface area (Å²) < 4.78 is 34.1. The third kappa shape index (κ3) is 7.83. The minimum atomic E-state index is -4.17. The minimum Gasteiger partial charge on any atom is -0.495 e. The Kier molecular flexibility index (Phi) is 10.9. The van der Waals surface area contributed by atoms with Gasteiger partial charge in [0.1, 0.15) is 18.3 Å². The average molecular weight is 612 g/mol. The van der Waals surface area contributed by atoms with E-state index in [1.807, 2.05) is 30.3 Å². The van der Waals surface area contributed by atoms with Gasteiger partial charge in [-0.25, -0.2) is 8.42 Å². The lowest BCUT2D eigenvalue weighted by Gasteiger charge is -2.33. The van der Waals surface area contributed by atoms with Crippen LogP contribution in [0.2, 0.25) is 5.02 Å². The van der Waals surface area contributed by atoms with Crippen LogP contribution >= 0.6 is 11.6 Å². The van der Waals surface area contributed by atoms with E-state index in [2.05, 4.69) is 5.32 Å². The lowest BCUT2D eigenvalue weighted by Crippen LogP contribution is -2.53. The third-order valence-corrected chi connectivity index (χ3v) is 9.72. The van der Waals surface area contributed by atoms with Crippen LogP contribution in [0.1, 0.15) is 44.6 Å². The summed E-state index contributed by atoms with van der Waals surface area (Å²) in [6.45, 7) is 1.42. The van der Waals surface area contributed by atoms with Gasteiger partial charge in [0.05, 0.1) is 22.7 Å². The monoisotopic (exact) mass is 611 g/mol. The molecule has 1 aliphatic carbocycles. The van der Waals surface area contributed by atoms with Crippen LogP contribution in [-0.4, -0.2) is 57.4 Å². The Morgan fingerprint density at radius 1 is 0.976 bits per heavy atom. The van der Waals surface area contributed by atoms with Gasteiger partial charge in [-0.05, 0) is 62.1 Å². The van der Waals surface area contributed by atoms with E-state index in [1.54, 1.807) is 37.3 Å². The maximum absolute atomic E-state index is 14.1. The number of nitrogens with zero attached hydrogens (tertiary/aromatic N) is 2. The number of amides is 2. The van der Waals surface area contributed by atoms with Gasteiger partial charge in [0.25, 0.3) is 10.0 Å². The van der Waals surface area contributed by atoms with Gasteiger partial charge < -0.3 is 15.0 Å². The van der Waals surface area contributed by atoms with E-state index in [1.165, 1.54) is 30.2 Å². The van der Waals surface area contributed by atoms with Crippen molar-refractivity contribution >= 4 is 39.1 Å². The van der Waals surface area contributed by atoms with Crippen LogP contribution in [0.25, 0.3) is 0 Å². The summed E-state index contributed by atoms with van der Waals surface area (Å²) in [4.78, 5) is 29.0. The second-order valence-electron chi connectivity index (χ2n) is 10.5. The van der Waals surface area contributed by atoms with Gasteiger partial charge in [0, 0.05) is 12.6 Å². The van der Waals surface area contributed by atoms with Gasteiger partial charge in [-0.2, -0.15) is 0 Å². The highest BCUT2D eigenvalue weighted by atomic mass is 35.5. The fraction of sp³-hybridized carbons (Fsp3) is 0.375. The van der Waals surface area contributed by atoms with Crippen molar-refractivity contribution < 1.29 is 22.7 Å². The molecule has 3 aromatic carbocycles. The lowest BCUT2D eigenvalue weighted by molar-refractivity contribution is -0.139. The molecule has 0 heterocycles. The minimum absolute atomic E-state index is 0.0312. The van der Waals surface area contributed by atoms with Crippen molar-refractivity contribution in [1.82, 2.24) is 10.2 Å². The average Bonchev–Trinajstić information content (AvgIpc) is 3.01. The molecular formula is C32H38ClN3O5S. The molecule has 0 saturated heterocycles. The highest BCUT2D eigenvalue weighted by Crippen LogP contribution is 2.32. The van der Waals surface area contributed by atoms with E-state index in [0.29, 0.717) is 12.2 Å². The summed E-state index contributed by atoms with van der Waals surface area (Å²) in [6, 6.07) is 21.4. The van der Waals surface area contributed by atoms with Crippen molar-refractivity contribution in [3.63, 3.8) is 0 Å². The zero-order valence-corrected chi connectivity index (χ0v) is 25.6. The van der Waals surface area contributed by atoms with Gasteiger partial charge in [0.2, 0.25) is 11.8 Å². The number of hydrogen-bond donors (Lipinski definition) is 1. The van der Waals surface area contributed by atoms with Crippen LogP contribution in [0.5, 0.6) is 5.75 Å². The maximum Gasteiger partial charge on any atom is 0.264 e. The number of ether oxygens (including phenoxy) is 1. The summed E-state index contributed by atoms with van der Waals surface area (Å²) >= 11 is 6.38. The highest BCUT2D eigenvalue weighted by molar-refractivity contribution is 7.92. The molecule has 1 fully saturated rings.